The standard InChI is InChI=1S/C17H16O2/c18-15-11-12-5-1-2-6-13(12)16-8-10-17(19-16)9-4-3-7-14(15)17/h1-2,5-8,10,16H,3-4,9,11H2/t16-,17+/m0/s1. The van der Waals surface area contributed by atoms with Crippen molar-refractivity contribution in [1.82, 2.24) is 0 Å². The van der Waals surface area contributed by atoms with Crippen LogP contribution < -0.4 is 0 Å². The van der Waals surface area contributed by atoms with Gasteiger partial charge in [0.15, 0.2) is 5.78 Å². The second-order valence-corrected chi connectivity index (χ2v) is 5.60. The molecule has 0 radical (unpaired) electrons. The third kappa shape index (κ3) is 1.56. The van der Waals surface area contributed by atoms with Gasteiger partial charge in [-0.1, -0.05) is 36.4 Å². The van der Waals surface area contributed by atoms with Crippen LogP contribution in [0.4, 0.5) is 0 Å². The fraction of sp³-hybridized carbons (Fsp3) is 0.353. The van der Waals surface area contributed by atoms with Crippen molar-refractivity contribution in [3.63, 3.8) is 0 Å². The first-order valence-corrected chi connectivity index (χ1v) is 6.97. The van der Waals surface area contributed by atoms with E-state index >= 15 is 0 Å². The Kier molecular flexibility index (Phi) is 2.30. The normalized spacial score (nSPS) is 32.1. The topological polar surface area (TPSA) is 26.3 Å². The number of carbonyl (C=O) groups is 1. The lowest BCUT2D eigenvalue weighted by Gasteiger charge is -2.36. The van der Waals surface area contributed by atoms with Gasteiger partial charge in [-0.2, -0.15) is 0 Å². The minimum Gasteiger partial charge on any atom is -0.354 e. The first-order valence-electron chi connectivity index (χ1n) is 6.97. The molecule has 19 heavy (non-hydrogen) atoms. The molecule has 0 fully saturated rings. The van der Waals surface area contributed by atoms with Crippen molar-refractivity contribution in [3.05, 3.63) is 59.2 Å². The van der Waals surface area contributed by atoms with Crippen LogP contribution in [0.5, 0.6) is 0 Å². The SMILES string of the molecule is O=C1Cc2ccccc2[C@@H]2C=C[C@@]3(CCCC=C13)O2. The smallest absolute Gasteiger partial charge is 0.166 e. The van der Waals surface area contributed by atoms with E-state index in [1.54, 1.807) is 0 Å². The zero-order chi connectivity index (χ0) is 12.9. The highest BCUT2D eigenvalue weighted by Crippen LogP contribution is 2.46. The number of hydrogen-bond acceptors (Lipinski definition) is 2. The molecule has 1 aliphatic carbocycles. The van der Waals surface area contributed by atoms with Crippen LogP contribution in [-0.4, -0.2) is 11.4 Å². The maximum atomic E-state index is 12.6. The van der Waals surface area contributed by atoms with Crippen molar-refractivity contribution in [2.45, 2.75) is 37.4 Å². The Morgan fingerprint density at radius 3 is 3.11 bits per heavy atom. The highest BCUT2D eigenvalue weighted by Gasteiger charge is 2.44. The molecule has 0 unspecified atom stereocenters. The molecule has 2 heteroatoms. The molecule has 2 nitrogen and oxygen atoms in total. The minimum absolute atomic E-state index is 0.00537. The summed E-state index contributed by atoms with van der Waals surface area (Å²) in [6.07, 6.45) is 9.85. The molecular formula is C17H16O2. The molecule has 96 valence electrons. The van der Waals surface area contributed by atoms with Crippen LogP contribution >= 0.6 is 0 Å². The van der Waals surface area contributed by atoms with Gasteiger partial charge in [-0.15, -0.1) is 0 Å². The van der Waals surface area contributed by atoms with E-state index in [1.807, 2.05) is 18.2 Å². The Bertz CT molecular complexity index is 611. The van der Waals surface area contributed by atoms with Gasteiger partial charge in [0, 0.05) is 12.0 Å². The Hall–Kier alpha value is -1.67. The summed E-state index contributed by atoms with van der Waals surface area (Å²) in [5, 5.41) is 0. The Morgan fingerprint density at radius 2 is 2.16 bits per heavy atom. The molecule has 1 aromatic carbocycles. The van der Waals surface area contributed by atoms with Crippen LogP contribution in [0.3, 0.4) is 0 Å². The molecule has 3 aliphatic rings. The summed E-state index contributed by atoms with van der Waals surface area (Å²) in [6, 6.07) is 8.13. The Morgan fingerprint density at radius 1 is 1.26 bits per heavy atom. The van der Waals surface area contributed by atoms with Crippen molar-refractivity contribution in [1.29, 1.82) is 0 Å². The summed E-state index contributed by atoms with van der Waals surface area (Å²) in [4.78, 5) is 12.6. The number of ketones is 1. The average molecular weight is 252 g/mol. The zero-order valence-corrected chi connectivity index (χ0v) is 10.8. The van der Waals surface area contributed by atoms with Gasteiger partial charge in [-0.05, 0) is 36.5 Å². The molecule has 0 aromatic heterocycles. The van der Waals surface area contributed by atoms with E-state index in [4.69, 9.17) is 4.74 Å². The largest absolute Gasteiger partial charge is 0.354 e. The zero-order valence-electron chi connectivity index (χ0n) is 10.8. The average Bonchev–Trinajstić information content (AvgIpc) is 2.84. The highest BCUT2D eigenvalue weighted by molar-refractivity contribution is 6.00. The third-order valence-corrected chi connectivity index (χ3v) is 4.45. The van der Waals surface area contributed by atoms with Crippen molar-refractivity contribution < 1.29 is 9.53 Å². The van der Waals surface area contributed by atoms with E-state index in [2.05, 4.69) is 24.3 Å². The maximum absolute atomic E-state index is 12.6. The molecule has 0 N–H and O–H groups in total. The number of hydrogen-bond donors (Lipinski definition) is 0. The molecule has 1 spiro atoms. The monoisotopic (exact) mass is 252 g/mol. The van der Waals surface area contributed by atoms with Gasteiger partial charge >= 0.3 is 0 Å². The molecule has 2 aliphatic heterocycles. The van der Waals surface area contributed by atoms with Gasteiger partial charge in [0.1, 0.15) is 11.7 Å². The van der Waals surface area contributed by atoms with Crippen molar-refractivity contribution in [2.24, 2.45) is 0 Å². The van der Waals surface area contributed by atoms with E-state index in [0.29, 0.717) is 6.42 Å². The summed E-state index contributed by atoms with van der Waals surface area (Å²) in [5.74, 6) is 0.220. The minimum atomic E-state index is -0.437. The van der Waals surface area contributed by atoms with Gasteiger partial charge in [0.2, 0.25) is 0 Å². The van der Waals surface area contributed by atoms with E-state index in [0.717, 1.165) is 36.0 Å². The van der Waals surface area contributed by atoms with Crippen LogP contribution in [0.25, 0.3) is 0 Å². The van der Waals surface area contributed by atoms with Crippen LogP contribution in [-0.2, 0) is 16.0 Å². The number of rotatable bonds is 0. The number of allylic oxidation sites excluding steroid dienone is 1. The summed E-state index contributed by atoms with van der Waals surface area (Å²) >= 11 is 0. The van der Waals surface area contributed by atoms with E-state index in [-0.39, 0.29) is 11.9 Å². The number of benzene rings is 1. The molecule has 1 aromatic rings. The second-order valence-electron chi connectivity index (χ2n) is 5.60. The van der Waals surface area contributed by atoms with Gasteiger partial charge < -0.3 is 4.74 Å². The maximum Gasteiger partial charge on any atom is 0.166 e. The van der Waals surface area contributed by atoms with Crippen molar-refractivity contribution >= 4 is 5.78 Å². The fourth-order valence-corrected chi connectivity index (χ4v) is 3.52. The Balaban J connectivity index is 1.90. The van der Waals surface area contributed by atoms with E-state index in [1.165, 1.54) is 0 Å². The van der Waals surface area contributed by atoms with E-state index < -0.39 is 5.60 Å². The first-order chi connectivity index (χ1) is 9.28. The van der Waals surface area contributed by atoms with Crippen LogP contribution in [0.2, 0.25) is 0 Å². The summed E-state index contributed by atoms with van der Waals surface area (Å²) < 4.78 is 6.29. The number of fused-ring (bicyclic) bond motifs is 3. The summed E-state index contributed by atoms with van der Waals surface area (Å²) in [6.45, 7) is 0. The van der Waals surface area contributed by atoms with Gasteiger partial charge in [-0.3, -0.25) is 4.79 Å². The number of Topliss-reactive ketones (excluding diaryl/α,β-unsaturated/α-hetero) is 1. The van der Waals surface area contributed by atoms with Gasteiger partial charge in [0.25, 0.3) is 0 Å². The van der Waals surface area contributed by atoms with E-state index in [9.17, 15) is 4.79 Å². The molecule has 0 saturated heterocycles. The highest BCUT2D eigenvalue weighted by atomic mass is 16.5. The lowest BCUT2D eigenvalue weighted by atomic mass is 9.79. The van der Waals surface area contributed by atoms with Crippen molar-refractivity contribution in [3.8, 4) is 0 Å². The lowest BCUT2D eigenvalue weighted by molar-refractivity contribution is -0.118. The second kappa shape index (κ2) is 3.91. The fourth-order valence-electron chi connectivity index (χ4n) is 3.52. The predicted molar refractivity (Wildman–Crippen MR) is 72.8 cm³/mol. The molecule has 2 bridgehead atoms. The van der Waals surface area contributed by atoms with Gasteiger partial charge in [0.05, 0.1) is 0 Å². The molecule has 2 heterocycles. The third-order valence-electron chi connectivity index (χ3n) is 4.45. The number of carbonyl (C=O) groups excluding carboxylic acids is 1. The summed E-state index contributed by atoms with van der Waals surface area (Å²) in [5.41, 5.74) is 2.69. The van der Waals surface area contributed by atoms with Crippen LogP contribution in [0, 0.1) is 0 Å². The lowest BCUT2D eigenvalue weighted by Crippen LogP contribution is -2.38. The van der Waals surface area contributed by atoms with Crippen LogP contribution in [0.1, 0.15) is 36.5 Å². The Labute approximate surface area is 112 Å². The molecular weight excluding hydrogens is 236 g/mol. The molecule has 2 atom stereocenters. The quantitative estimate of drug-likeness (QED) is 0.662. The number of ether oxygens (including phenoxy) is 1. The molecule has 0 saturated carbocycles. The molecule has 0 amide bonds. The van der Waals surface area contributed by atoms with Crippen molar-refractivity contribution in [2.75, 3.05) is 0 Å². The molecule has 4 rings (SSSR count). The predicted octanol–water partition coefficient (Wildman–Crippen LogP) is 3.29. The summed E-state index contributed by atoms with van der Waals surface area (Å²) in [7, 11) is 0. The first kappa shape index (κ1) is 11.2. The van der Waals surface area contributed by atoms with Crippen LogP contribution in [0.15, 0.2) is 48.1 Å². The van der Waals surface area contributed by atoms with Gasteiger partial charge in [-0.25, -0.2) is 0 Å².